The van der Waals surface area contributed by atoms with Crippen LogP contribution in [0.3, 0.4) is 0 Å². The van der Waals surface area contributed by atoms with E-state index in [1.54, 1.807) is 0 Å². The minimum atomic E-state index is -6.12. The fourth-order valence-electron chi connectivity index (χ4n) is 11.0. The Morgan fingerprint density at radius 2 is 1.25 bits per heavy atom. The van der Waals surface area contributed by atoms with Crippen LogP contribution in [0.5, 0.6) is 0 Å². The number of ether oxygens (including phenoxy) is 14. The maximum absolute atomic E-state index is 14.0. The van der Waals surface area contributed by atoms with Crippen LogP contribution in [-0.4, -0.2) is 315 Å². The van der Waals surface area contributed by atoms with Crippen LogP contribution in [0.2, 0.25) is 0 Å². The van der Waals surface area contributed by atoms with Crippen LogP contribution < -0.4 is 9.44 Å². The molecule has 5 rings (SSSR count). The molecule has 0 spiro atoms. The monoisotopic (exact) mass is 1650 g/mol. The summed E-state index contributed by atoms with van der Waals surface area (Å²) in [5.74, 6) is -5.11. The number of aliphatic hydroxyl groups is 2. The molecule has 101 heavy (non-hydrogen) atoms. The first-order chi connectivity index (χ1) is 49.9. The Bertz CT molecular complexity index is 3250. The topological polar surface area (TPSA) is 674 Å². The quantitative estimate of drug-likeness (QED) is 0.00725. The van der Waals surface area contributed by atoms with Crippen molar-refractivity contribution in [1.29, 1.82) is 0 Å². The van der Waals surface area contributed by atoms with E-state index in [9.17, 15) is 84.9 Å². The highest BCUT2D eigenvalue weighted by atomic mass is 32.3. The van der Waals surface area contributed by atoms with Crippen LogP contribution in [0.25, 0.3) is 0 Å². The lowest BCUT2D eigenvalue weighted by Gasteiger charge is -2.58. The number of hydrogen-bond acceptors (Lipinski definition) is 52. The highest BCUT2D eigenvalue weighted by molar-refractivity contribution is 7.93. The molecule has 0 aromatic carbocycles. The molecule has 26 atom stereocenters. The van der Waals surface area contributed by atoms with Gasteiger partial charge < -0.3 is 86.7 Å². The number of nitrogens with one attached hydrogen (secondary N) is 2. The summed E-state index contributed by atoms with van der Waals surface area (Å²) in [6, 6.07) is -6.30. The fraction of sp³-hybridized carbons (Fsp3) is 0.951. The van der Waals surface area contributed by atoms with Gasteiger partial charge in [0.2, 0.25) is 0 Å². The lowest BCUT2D eigenvalue weighted by molar-refractivity contribution is -0.437. The van der Waals surface area contributed by atoms with Crippen molar-refractivity contribution >= 4 is 104 Å². The van der Waals surface area contributed by atoms with Crippen molar-refractivity contribution in [2.75, 3.05) is 55.7 Å². The van der Waals surface area contributed by atoms with Crippen molar-refractivity contribution in [3.8, 4) is 0 Å². The van der Waals surface area contributed by atoms with E-state index in [4.69, 9.17) is 103 Å². The van der Waals surface area contributed by atoms with Gasteiger partial charge in [-0.25, -0.2) is 62.2 Å². The van der Waals surface area contributed by atoms with Crippen molar-refractivity contribution in [2.24, 2.45) is 0 Å². The molecule has 0 bridgehead atoms. The van der Waals surface area contributed by atoms with Crippen LogP contribution in [0, 0.1) is 0 Å². The zero-order valence-electron chi connectivity index (χ0n) is 59.5. The summed E-state index contributed by atoms with van der Waals surface area (Å²) in [4.78, 5) is 27.8. The Morgan fingerprint density at radius 3 is 1.78 bits per heavy atom. The predicted octanol–water partition coefficient (Wildman–Crippen LogP) is -2.93. The number of carboxylic acid groups (broad SMARTS) is 2. The van der Waals surface area contributed by atoms with Crippen LogP contribution in [0.15, 0.2) is 0 Å². The number of aliphatic hydroxyl groups excluding tert-OH is 1. The molecule has 5 aliphatic rings. The molecule has 52 nitrogen and oxygen atoms in total. The van der Waals surface area contributed by atoms with Crippen LogP contribution >= 0.6 is 61.3 Å². The minimum Gasteiger partial charge on any atom is -0.479 e. The molecule has 14 N–H and O–H groups in total. The smallest absolute Gasteiger partial charge is 0.397 e. The van der Waals surface area contributed by atoms with Gasteiger partial charge in [0.05, 0.1) is 28.9 Å². The third kappa shape index (κ3) is 23.0. The highest BCUT2D eigenvalue weighted by Crippen LogP contribution is 2.49. The van der Waals surface area contributed by atoms with Gasteiger partial charge in [0, 0.05) is 42.5 Å². The number of likely N-dealkylation sites (N-methyl/N-ethyl adjacent to an activating group) is 1. The number of hydrogen-bond donors (Lipinski definition) is 14. The Balaban J connectivity index is 1.78. The summed E-state index contributed by atoms with van der Waals surface area (Å²) in [7, 11) is -16.5. The second-order valence-corrected chi connectivity index (χ2v) is 27.0. The second kappa shape index (κ2) is 40.0. The standard InChI is InChI=1S/C41H73N3O49S8/c1-14(82-100(59,60)61)25-41(5,80-37-30(67-9)38(2,50)28(22(75-37)31(46)47)77-36-23(44(6)96-91-86-53)39(3,69-11)26(66-8)16(73-36)12-70-97-92-87-54)27(81-98-93-88-55)18(43-95-90-85-52)34(76-25)79-40(4)24(45)21(83-101(62,63)64)35(78-29(40)32(48)49)74-19-15(13-71-99(56,57)58)72-33(68-10)17(20(19)65-7)42-94-89-84-51/h14-30,33-37,42-43,45,50-55H,12-13H2,1-11H3,(H,46,47)(H,48,49)(H,56,57,58)(H,59,60,61)(H,62,63,64)/t14?,15-,16-,17?,18?,19+,20?,21?,22+,23?,24-,25?,26+,27+,28+,29?,30?,33-,34+,35+,36+,37-,38?,39?,40-,41+/m0/s1/i10D3,22D,28D,30D,37D. The van der Waals surface area contributed by atoms with Crippen molar-refractivity contribution in [3.63, 3.8) is 0 Å². The molecule has 60 heteroatoms. The molecule has 5 fully saturated rings. The third-order valence-corrected chi connectivity index (χ3v) is 18.8. The Hall–Kier alpha value is -1.14. The number of aliphatic carboxylic acids is 2. The first-order valence-electron chi connectivity index (χ1n) is 30.3. The van der Waals surface area contributed by atoms with Crippen LogP contribution in [0.4, 0.5) is 0 Å². The maximum Gasteiger partial charge on any atom is 0.397 e. The normalized spacial score (nSPS) is 42.6. The van der Waals surface area contributed by atoms with Gasteiger partial charge in [0.1, 0.15) is 138 Å². The van der Waals surface area contributed by atoms with Gasteiger partial charge in [0.25, 0.3) is 0 Å². The SMILES string of the molecule is [2H]C([2H])([2H])O[C@H]1O[C@@H](COS(=O)(=O)O)[C@@H](O[C@@H]2OC(C(=O)O)[C@@](C)(O[C@H]3OC(C(C)OS(=O)(=O)O)[C@@](C)(O[C@]4([2H])O[C@@]([2H])(C(=O)O)[C@@]([2H])(O[C@H]5O[C@@H](COSOOO)[C@@H](OC)C(C)(OC)C5N(C)SOOO)C(C)(O)C4([2H])OC)[C@H](OSOOO)C3NSOOO)[C@@H](O)C2OS(=O)(=O)O)C(OC)C1NSOOO. The number of methoxy groups -OCH3 is 5. The van der Waals surface area contributed by atoms with Crippen molar-refractivity contribution < 1.29 is 239 Å². The molecular weight excluding hydrogens is 1570 g/mol. The maximum atomic E-state index is 14.0. The van der Waals surface area contributed by atoms with E-state index in [1.807, 2.05) is 0 Å². The Morgan fingerprint density at radius 1 is 0.634 bits per heavy atom. The summed E-state index contributed by atoms with van der Waals surface area (Å²) >= 11 is -0.908. The summed E-state index contributed by atoms with van der Waals surface area (Å²) in [5, 5.41) is 111. The summed E-state index contributed by atoms with van der Waals surface area (Å²) < 4.78 is 302. The molecule has 0 saturated carbocycles. The molecule has 594 valence electrons. The van der Waals surface area contributed by atoms with Crippen molar-refractivity contribution in [1.82, 2.24) is 13.7 Å². The largest absolute Gasteiger partial charge is 0.479 e. The molecular formula is C41H73N3O49S8. The predicted molar refractivity (Wildman–Crippen MR) is 313 cm³/mol. The van der Waals surface area contributed by atoms with Gasteiger partial charge >= 0.3 is 43.1 Å². The van der Waals surface area contributed by atoms with Gasteiger partial charge in [-0.05, 0) is 34.6 Å². The molecule has 0 aromatic rings. The fourth-order valence-corrected chi connectivity index (χ4v) is 14.4. The first-order valence-corrected chi connectivity index (χ1v) is 34.4. The summed E-state index contributed by atoms with van der Waals surface area (Å²) in [6.45, 7) is 1.07. The molecule has 5 heterocycles. The molecule has 0 amide bonds. The van der Waals surface area contributed by atoms with E-state index in [2.05, 4.69) is 60.5 Å². The molecule has 11 unspecified atom stereocenters. The van der Waals surface area contributed by atoms with E-state index >= 15 is 0 Å². The van der Waals surface area contributed by atoms with E-state index < -0.39 is 233 Å². The Kier molecular flexibility index (Phi) is 31.4. The lowest BCUT2D eigenvalue weighted by Crippen LogP contribution is -2.77. The number of carbonyl (C=O) groups is 2. The van der Waals surface area contributed by atoms with E-state index in [-0.39, 0.29) is 49.0 Å². The highest BCUT2D eigenvalue weighted by Gasteiger charge is 2.69. The van der Waals surface area contributed by atoms with Gasteiger partial charge in [-0.2, -0.15) is 25.3 Å². The van der Waals surface area contributed by atoms with Gasteiger partial charge in [0.15, 0.2) is 74.4 Å². The van der Waals surface area contributed by atoms with Crippen molar-refractivity contribution in [3.05, 3.63) is 0 Å². The Labute approximate surface area is 602 Å². The van der Waals surface area contributed by atoms with Gasteiger partial charge in [-0.15, -0.1) is 21.7 Å². The molecule has 0 radical (unpaired) electrons. The second-order valence-electron chi connectivity index (χ2n) is 20.9. The van der Waals surface area contributed by atoms with E-state index in [0.717, 1.165) is 32.7 Å². The molecule has 5 aliphatic heterocycles. The average Bonchev–Trinajstić information content (AvgIpc) is 0.668. The lowest BCUT2D eigenvalue weighted by atomic mass is 9.80. The van der Waals surface area contributed by atoms with Gasteiger partial charge in [-0.3, -0.25) is 22.0 Å². The first kappa shape index (κ1) is 79.4. The third-order valence-electron chi connectivity index (χ3n) is 15.0. The van der Waals surface area contributed by atoms with Crippen LogP contribution in [-0.2, 0) is 175 Å². The van der Waals surface area contributed by atoms with Gasteiger partial charge in [-0.1, -0.05) is 25.2 Å². The number of rotatable bonds is 44. The minimum absolute atomic E-state index is 0.0233. The molecule has 0 aliphatic carbocycles. The average molecular weight is 1660 g/mol. The zero-order valence-corrected chi connectivity index (χ0v) is 59.0. The molecule has 0 aromatic heterocycles. The summed E-state index contributed by atoms with van der Waals surface area (Å²) in [6.07, 6.45) is -55.2. The summed E-state index contributed by atoms with van der Waals surface area (Å²) in [5.41, 5.74) is -13.0. The van der Waals surface area contributed by atoms with Crippen LogP contribution in [0.1, 0.15) is 44.2 Å². The number of carboxylic acids is 2. The van der Waals surface area contributed by atoms with Crippen molar-refractivity contribution in [2.45, 2.75) is 192 Å². The molecule has 5 saturated heterocycles. The van der Waals surface area contributed by atoms with E-state index in [1.165, 1.54) is 6.92 Å². The zero-order chi connectivity index (χ0) is 82.0. The van der Waals surface area contributed by atoms with E-state index in [0.29, 0.717) is 34.8 Å². The number of nitrogens with zero attached hydrogens (tertiary/aromatic N) is 1.